The number of amides is 1. The lowest BCUT2D eigenvalue weighted by Crippen LogP contribution is -2.35. The molecule has 114 valence electrons. The summed E-state index contributed by atoms with van der Waals surface area (Å²) in [5, 5.41) is 3.06. The molecule has 0 bridgehead atoms. The summed E-state index contributed by atoms with van der Waals surface area (Å²) in [4.78, 5) is 12.3. The van der Waals surface area contributed by atoms with E-state index in [0.29, 0.717) is 25.7 Å². The maximum Gasteiger partial charge on any atom is 0.223 e. The highest BCUT2D eigenvalue weighted by Crippen LogP contribution is 2.47. The third kappa shape index (κ3) is 3.65. The van der Waals surface area contributed by atoms with Crippen LogP contribution in [0.2, 0.25) is 0 Å². The fraction of sp³-hybridized carbons (Fsp3) is 0.611. The quantitative estimate of drug-likeness (QED) is 0.816. The van der Waals surface area contributed by atoms with Crippen molar-refractivity contribution < 1.29 is 9.53 Å². The van der Waals surface area contributed by atoms with Gasteiger partial charge in [0.2, 0.25) is 5.91 Å². The molecule has 1 aromatic rings. The van der Waals surface area contributed by atoms with Crippen LogP contribution in [0.3, 0.4) is 0 Å². The molecule has 3 heteroatoms. The highest BCUT2D eigenvalue weighted by atomic mass is 16.5. The number of rotatable bonds is 6. The molecule has 2 fully saturated rings. The van der Waals surface area contributed by atoms with Crippen molar-refractivity contribution in [2.24, 2.45) is 17.8 Å². The standard InChI is InChI=1S/C18H25NO2/c20-18(17-10-9-15-7-4-8-16(15)17)19-11-12-21-13-14-5-2-1-3-6-14/h1-3,5-6,15-17H,4,7-13H2,(H,19,20)/t15-,16-,17-/m0/s1. The van der Waals surface area contributed by atoms with Gasteiger partial charge in [-0.25, -0.2) is 0 Å². The first-order chi connectivity index (χ1) is 10.3. The minimum Gasteiger partial charge on any atom is -0.375 e. The Morgan fingerprint density at radius 2 is 2.00 bits per heavy atom. The van der Waals surface area contributed by atoms with E-state index in [9.17, 15) is 4.79 Å². The van der Waals surface area contributed by atoms with Gasteiger partial charge >= 0.3 is 0 Å². The maximum atomic E-state index is 12.3. The number of carbonyl (C=O) groups is 1. The van der Waals surface area contributed by atoms with Gasteiger partial charge in [0.05, 0.1) is 13.2 Å². The van der Waals surface area contributed by atoms with Crippen molar-refractivity contribution in [2.75, 3.05) is 13.2 Å². The number of fused-ring (bicyclic) bond motifs is 1. The minimum absolute atomic E-state index is 0.257. The van der Waals surface area contributed by atoms with Gasteiger partial charge in [-0.3, -0.25) is 4.79 Å². The van der Waals surface area contributed by atoms with Gasteiger partial charge in [-0.2, -0.15) is 0 Å². The van der Waals surface area contributed by atoms with Gasteiger partial charge in [-0.1, -0.05) is 43.2 Å². The Bertz CT molecular complexity index is 460. The molecule has 0 aromatic heterocycles. The van der Waals surface area contributed by atoms with Crippen LogP contribution in [0, 0.1) is 17.8 Å². The highest BCUT2D eigenvalue weighted by Gasteiger charge is 2.42. The van der Waals surface area contributed by atoms with Crippen LogP contribution in [0.15, 0.2) is 30.3 Å². The van der Waals surface area contributed by atoms with Crippen LogP contribution in [0.4, 0.5) is 0 Å². The van der Waals surface area contributed by atoms with Crippen LogP contribution < -0.4 is 5.32 Å². The van der Waals surface area contributed by atoms with Crippen molar-refractivity contribution in [1.29, 1.82) is 0 Å². The molecule has 0 aliphatic heterocycles. The zero-order valence-corrected chi connectivity index (χ0v) is 12.6. The number of hydrogen-bond donors (Lipinski definition) is 1. The molecule has 1 N–H and O–H groups in total. The molecule has 1 amide bonds. The molecule has 0 saturated heterocycles. The molecule has 21 heavy (non-hydrogen) atoms. The molecule has 3 rings (SSSR count). The first kappa shape index (κ1) is 14.6. The van der Waals surface area contributed by atoms with E-state index in [0.717, 1.165) is 12.3 Å². The van der Waals surface area contributed by atoms with Gasteiger partial charge < -0.3 is 10.1 Å². The normalized spacial score (nSPS) is 27.5. The maximum absolute atomic E-state index is 12.3. The largest absolute Gasteiger partial charge is 0.375 e. The second-order valence-electron chi connectivity index (χ2n) is 6.37. The van der Waals surface area contributed by atoms with Gasteiger partial charge in [0.1, 0.15) is 0 Å². The number of ether oxygens (including phenoxy) is 1. The lowest BCUT2D eigenvalue weighted by Gasteiger charge is -2.18. The van der Waals surface area contributed by atoms with Crippen molar-refractivity contribution in [3.8, 4) is 0 Å². The van der Waals surface area contributed by atoms with Gasteiger partial charge in [-0.15, -0.1) is 0 Å². The Morgan fingerprint density at radius 3 is 2.86 bits per heavy atom. The summed E-state index contributed by atoms with van der Waals surface area (Å²) >= 11 is 0. The van der Waals surface area contributed by atoms with Crippen molar-refractivity contribution in [2.45, 2.75) is 38.7 Å². The predicted molar refractivity (Wildman–Crippen MR) is 82.7 cm³/mol. The van der Waals surface area contributed by atoms with Crippen molar-refractivity contribution >= 4 is 5.91 Å². The fourth-order valence-corrected chi connectivity index (χ4v) is 4.03. The molecule has 2 aliphatic rings. The second kappa shape index (κ2) is 7.08. The molecule has 1 aromatic carbocycles. The van der Waals surface area contributed by atoms with Gasteiger partial charge in [0.15, 0.2) is 0 Å². The Morgan fingerprint density at radius 1 is 1.14 bits per heavy atom. The molecule has 0 heterocycles. The summed E-state index contributed by atoms with van der Waals surface area (Å²) in [6.45, 7) is 1.83. The first-order valence-electron chi connectivity index (χ1n) is 8.24. The van der Waals surface area contributed by atoms with E-state index in [1.165, 1.54) is 31.2 Å². The summed E-state index contributed by atoms with van der Waals surface area (Å²) in [5.74, 6) is 2.02. The smallest absolute Gasteiger partial charge is 0.223 e. The second-order valence-corrected chi connectivity index (χ2v) is 6.37. The predicted octanol–water partition coefficient (Wildman–Crippen LogP) is 3.15. The lowest BCUT2D eigenvalue weighted by atomic mass is 9.91. The Balaban J connectivity index is 1.33. The highest BCUT2D eigenvalue weighted by molar-refractivity contribution is 5.79. The van der Waals surface area contributed by atoms with E-state index in [-0.39, 0.29) is 11.8 Å². The van der Waals surface area contributed by atoms with E-state index >= 15 is 0 Å². The summed E-state index contributed by atoms with van der Waals surface area (Å²) < 4.78 is 5.60. The Labute approximate surface area is 127 Å². The zero-order chi connectivity index (χ0) is 14.5. The van der Waals surface area contributed by atoms with E-state index in [2.05, 4.69) is 17.4 Å². The Hall–Kier alpha value is -1.35. The third-order valence-electron chi connectivity index (χ3n) is 5.08. The van der Waals surface area contributed by atoms with E-state index in [4.69, 9.17) is 4.74 Å². The minimum atomic E-state index is 0.257. The molecule has 2 saturated carbocycles. The molecule has 0 unspecified atom stereocenters. The average molecular weight is 287 g/mol. The van der Waals surface area contributed by atoms with E-state index in [1.54, 1.807) is 0 Å². The molecule has 3 nitrogen and oxygen atoms in total. The van der Waals surface area contributed by atoms with Gasteiger partial charge in [0.25, 0.3) is 0 Å². The Kier molecular flexibility index (Phi) is 4.91. The fourth-order valence-electron chi connectivity index (χ4n) is 4.03. The zero-order valence-electron chi connectivity index (χ0n) is 12.6. The van der Waals surface area contributed by atoms with Crippen LogP contribution in [0.5, 0.6) is 0 Å². The van der Waals surface area contributed by atoms with E-state index < -0.39 is 0 Å². The number of carbonyl (C=O) groups excluding carboxylic acids is 1. The van der Waals surface area contributed by atoms with Crippen LogP contribution in [0.25, 0.3) is 0 Å². The van der Waals surface area contributed by atoms with Crippen molar-refractivity contribution in [3.63, 3.8) is 0 Å². The van der Waals surface area contributed by atoms with Crippen LogP contribution in [0.1, 0.15) is 37.7 Å². The molecule has 3 atom stereocenters. The number of nitrogens with one attached hydrogen (secondary N) is 1. The summed E-state index contributed by atoms with van der Waals surface area (Å²) in [7, 11) is 0. The number of hydrogen-bond acceptors (Lipinski definition) is 2. The molecule has 0 radical (unpaired) electrons. The molecule has 2 aliphatic carbocycles. The van der Waals surface area contributed by atoms with Gasteiger partial charge in [-0.05, 0) is 36.7 Å². The lowest BCUT2D eigenvalue weighted by molar-refractivity contribution is -0.126. The summed E-state index contributed by atoms with van der Waals surface area (Å²) in [5.41, 5.74) is 1.17. The molecule has 0 spiro atoms. The third-order valence-corrected chi connectivity index (χ3v) is 5.08. The van der Waals surface area contributed by atoms with E-state index in [1.807, 2.05) is 18.2 Å². The van der Waals surface area contributed by atoms with Crippen molar-refractivity contribution in [1.82, 2.24) is 5.32 Å². The molecular formula is C18H25NO2. The summed E-state index contributed by atoms with van der Waals surface area (Å²) in [6, 6.07) is 10.1. The average Bonchev–Trinajstić information content (AvgIpc) is 3.10. The van der Waals surface area contributed by atoms with Crippen LogP contribution in [-0.4, -0.2) is 19.1 Å². The SMILES string of the molecule is O=C(NCCOCc1ccccc1)[C@H]1CC[C@@H]2CCC[C@@H]21. The topological polar surface area (TPSA) is 38.3 Å². The molecular weight excluding hydrogens is 262 g/mol. The number of benzene rings is 1. The van der Waals surface area contributed by atoms with Gasteiger partial charge in [0, 0.05) is 12.5 Å². The first-order valence-corrected chi connectivity index (χ1v) is 8.24. The van der Waals surface area contributed by atoms with Crippen LogP contribution in [-0.2, 0) is 16.1 Å². The summed E-state index contributed by atoms with van der Waals surface area (Å²) in [6.07, 6.45) is 6.26. The monoisotopic (exact) mass is 287 g/mol. The van der Waals surface area contributed by atoms with Crippen molar-refractivity contribution in [3.05, 3.63) is 35.9 Å². The van der Waals surface area contributed by atoms with Crippen LogP contribution >= 0.6 is 0 Å².